The second-order valence-electron chi connectivity index (χ2n) is 4.95. The summed E-state index contributed by atoms with van der Waals surface area (Å²) in [6, 6.07) is 11.2. The van der Waals surface area contributed by atoms with Crippen LogP contribution in [0.3, 0.4) is 0 Å². The molecule has 3 rings (SSSR count). The van der Waals surface area contributed by atoms with Crippen LogP contribution in [-0.2, 0) is 9.84 Å². The molecule has 0 radical (unpaired) electrons. The predicted octanol–water partition coefficient (Wildman–Crippen LogP) is 3.09. The summed E-state index contributed by atoms with van der Waals surface area (Å²) in [5.74, 6) is -1.16. The summed E-state index contributed by atoms with van der Waals surface area (Å²) in [5, 5.41) is 11.4. The SMILES string of the molecule is O=C(O)c1ccc(Br)c(S(=O)(=O)C2CNc3ccccc32)c1. The molecule has 114 valence electrons. The molecule has 0 aromatic heterocycles. The van der Waals surface area contributed by atoms with Crippen molar-refractivity contribution in [2.75, 3.05) is 11.9 Å². The van der Waals surface area contributed by atoms with Gasteiger partial charge in [-0.05, 0) is 45.8 Å². The standard InChI is InChI=1S/C15H12BrNO4S/c16-11-6-5-9(15(18)19)7-13(11)22(20,21)14-8-17-12-4-2-1-3-10(12)14/h1-7,14,17H,8H2,(H,18,19). The molecule has 1 unspecified atom stereocenters. The van der Waals surface area contributed by atoms with Crippen LogP contribution in [0.5, 0.6) is 0 Å². The second-order valence-corrected chi connectivity index (χ2v) is 7.91. The lowest BCUT2D eigenvalue weighted by Crippen LogP contribution is -2.16. The minimum absolute atomic E-state index is 0.00379. The third kappa shape index (κ3) is 2.40. The molecule has 1 aliphatic heterocycles. The number of sulfone groups is 1. The van der Waals surface area contributed by atoms with Crippen molar-refractivity contribution >= 4 is 37.4 Å². The fourth-order valence-electron chi connectivity index (χ4n) is 2.54. The molecule has 0 fully saturated rings. The van der Waals surface area contributed by atoms with E-state index in [1.165, 1.54) is 18.2 Å². The van der Waals surface area contributed by atoms with Crippen LogP contribution in [0.2, 0.25) is 0 Å². The van der Waals surface area contributed by atoms with E-state index in [0.29, 0.717) is 10.0 Å². The Morgan fingerprint density at radius 2 is 1.95 bits per heavy atom. The topological polar surface area (TPSA) is 83.5 Å². The van der Waals surface area contributed by atoms with Gasteiger partial charge < -0.3 is 10.4 Å². The average molecular weight is 382 g/mol. The molecule has 0 bridgehead atoms. The minimum atomic E-state index is -3.71. The minimum Gasteiger partial charge on any atom is -0.478 e. The maximum absolute atomic E-state index is 12.9. The van der Waals surface area contributed by atoms with Gasteiger partial charge in [-0.3, -0.25) is 0 Å². The van der Waals surface area contributed by atoms with Gasteiger partial charge in [-0.15, -0.1) is 0 Å². The Kier molecular flexibility index (Phi) is 3.70. The van der Waals surface area contributed by atoms with Gasteiger partial charge in [0.25, 0.3) is 0 Å². The highest BCUT2D eigenvalue weighted by Gasteiger charge is 2.36. The number of carboxylic acid groups (broad SMARTS) is 1. The monoisotopic (exact) mass is 381 g/mol. The van der Waals surface area contributed by atoms with Gasteiger partial charge in [-0.1, -0.05) is 18.2 Å². The third-order valence-electron chi connectivity index (χ3n) is 3.64. The van der Waals surface area contributed by atoms with Crippen LogP contribution in [0.4, 0.5) is 5.69 Å². The number of nitrogens with one attached hydrogen (secondary N) is 1. The van der Waals surface area contributed by atoms with Gasteiger partial charge in [0.1, 0.15) is 5.25 Å². The number of para-hydroxylation sites is 1. The van der Waals surface area contributed by atoms with Crippen molar-refractivity contribution in [2.45, 2.75) is 10.1 Å². The van der Waals surface area contributed by atoms with E-state index < -0.39 is 21.1 Å². The first-order valence-electron chi connectivity index (χ1n) is 6.51. The highest BCUT2D eigenvalue weighted by molar-refractivity contribution is 9.10. The number of fused-ring (bicyclic) bond motifs is 1. The van der Waals surface area contributed by atoms with E-state index in [1.807, 2.05) is 12.1 Å². The van der Waals surface area contributed by atoms with Crippen molar-refractivity contribution in [1.82, 2.24) is 0 Å². The fourth-order valence-corrected chi connectivity index (χ4v) is 5.24. The molecule has 0 aliphatic carbocycles. The first kappa shape index (κ1) is 15.1. The van der Waals surface area contributed by atoms with E-state index in [2.05, 4.69) is 21.2 Å². The Morgan fingerprint density at radius 3 is 2.68 bits per heavy atom. The van der Waals surface area contributed by atoms with Gasteiger partial charge in [-0.25, -0.2) is 13.2 Å². The molecule has 0 saturated carbocycles. The zero-order chi connectivity index (χ0) is 15.9. The summed E-state index contributed by atoms with van der Waals surface area (Å²) in [7, 11) is -3.71. The zero-order valence-corrected chi connectivity index (χ0v) is 13.7. The lowest BCUT2D eigenvalue weighted by atomic mass is 10.2. The molecular formula is C15H12BrNO4S. The van der Waals surface area contributed by atoms with Gasteiger partial charge in [0, 0.05) is 16.7 Å². The number of carbonyl (C=O) groups is 1. The quantitative estimate of drug-likeness (QED) is 0.853. The van der Waals surface area contributed by atoms with E-state index >= 15 is 0 Å². The molecular weight excluding hydrogens is 370 g/mol. The number of benzene rings is 2. The third-order valence-corrected chi connectivity index (χ3v) is 6.72. The summed E-state index contributed by atoms with van der Waals surface area (Å²) in [6.07, 6.45) is 0. The molecule has 0 amide bonds. The molecule has 2 aromatic carbocycles. The molecule has 1 aliphatic rings. The van der Waals surface area contributed by atoms with Crippen molar-refractivity contribution in [2.24, 2.45) is 0 Å². The lowest BCUT2D eigenvalue weighted by molar-refractivity contribution is 0.0696. The molecule has 1 heterocycles. The summed E-state index contributed by atoms with van der Waals surface area (Å²) in [5.41, 5.74) is 1.44. The Balaban J connectivity index is 2.12. The number of anilines is 1. The number of hydrogen-bond acceptors (Lipinski definition) is 4. The van der Waals surface area contributed by atoms with E-state index in [-0.39, 0.29) is 17.0 Å². The van der Waals surface area contributed by atoms with Crippen LogP contribution < -0.4 is 5.32 Å². The Hall–Kier alpha value is -1.86. The summed E-state index contributed by atoms with van der Waals surface area (Å²) < 4.78 is 26.2. The van der Waals surface area contributed by atoms with Crippen molar-refractivity contribution < 1.29 is 18.3 Å². The number of hydrogen-bond donors (Lipinski definition) is 2. The van der Waals surface area contributed by atoms with Crippen LogP contribution in [0, 0.1) is 0 Å². The van der Waals surface area contributed by atoms with Gasteiger partial charge in [-0.2, -0.15) is 0 Å². The number of rotatable bonds is 3. The molecule has 2 N–H and O–H groups in total. The lowest BCUT2D eigenvalue weighted by Gasteiger charge is -2.14. The largest absolute Gasteiger partial charge is 0.478 e. The molecule has 7 heteroatoms. The van der Waals surface area contributed by atoms with Crippen molar-refractivity contribution in [3.8, 4) is 0 Å². The van der Waals surface area contributed by atoms with Crippen LogP contribution >= 0.6 is 15.9 Å². The molecule has 2 aromatic rings. The molecule has 1 atom stereocenters. The van der Waals surface area contributed by atoms with E-state index in [9.17, 15) is 13.2 Å². The summed E-state index contributed by atoms with van der Waals surface area (Å²) in [6.45, 7) is 0.269. The molecule has 5 nitrogen and oxygen atoms in total. The maximum atomic E-state index is 12.9. The van der Waals surface area contributed by atoms with Crippen LogP contribution in [-0.4, -0.2) is 26.0 Å². The Labute approximate surface area is 136 Å². The highest BCUT2D eigenvalue weighted by atomic mass is 79.9. The molecule has 0 saturated heterocycles. The average Bonchev–Trinajstić information content (AvgIpc) is 2.91. The normalized spacial score (nSPS) is 16.9. The fraction of sp³-hybridized carbons (Fsp3) is 0.133. The van der Waals surface area contributed by atoms with E-state index in [4.69, 9.17) is 5.11 Å². The van der Waals surface area contributed by atoms with Crippen LogP contribution in [0.1, 0.15) is 21.2 Å². The first-order chi connectivity index (χ1) is 10.4. The Morgan fingerprint density at radius 1 is 1.23 bits per heavy atom. The maximum Gasteiger partial charge on any atom is 0.335 e. The number of carboxylic acids is 1. The number of aromatic carboxylic acids is 1. The Bertz CT molecular complexity index is 864. The van der Waals surface area contributed by atoms with Gasteiger partial charge in [0.2, 0.25) is 0 Å². The molecule has 22 heavy (non-hydrogen) atoms. The van der Waals surface area contributed by atoms with E-state index in [0.717, 1.165) is 5.69 Å². The van der Waals surface area contributed by atoms with Crippen molar-refractivity contribution in [1.29, 1.82) is 0 Å². The smallest absolute Gasteiger partial charge is 0.335 e. The number of halogens is 1. The zero-order valence-electron chi connectivity index (χ0n) is 11.3. The first-order valence-corrected chi connectivity index (χ1v) is 8.85. The second kappa shape index (κ2) is 5.40. The summed E-state index contributed by atoms with van der Waals surface area (Å²) in [4.78, 5) is 11.1. The van der Waals surface area contributed by atoms with Crippen LogP contribution in [0.25, 0.3) is 0 Å². The van der Waals surface area contributed by atoms with Crippen LogP contribution in [0.15, 0.2) is 51.8 Å². The van der Waals surface area contributed by atoms with E-state index in [1.54, 1.807) is 12.1 Å². The predicted molar refractivity (Wildman–Crippen MR) is 86.0 cm³/mol. The van der Waals surface area contributed by atoms with Gasteiger partial charge >= 0.3 is 5.97 Å². The van der Waals surface area contributed by atoms with Gasteiger partial charge in [0.15, 0.2) is 9.84 Å². The molecule has 0 spiro atoms. The summed E-state index contributed by atoms with van der Waals surface area (Å²) >= 11 is 3.21. The highest BCUT2D eigenvalue weighted by Crippen LogP contribution is 2.40. The van der Waals surface area contributed by atoms with Crippen molar-refractivity contribution in [3.63, 3.8) is 0 Å². The van der Waals surface area contributed by atoms with Gasteiger partial charge in [0.05, 0.1) is 10.5 Å². The van der Waals surface area contributed by atoms with Crippen molar-refractivity contribution in [3.05, 3.63) is 58.1 Å².